The van der Waals surface area contributed by atoms with E-state index in [1.807, 2.05) is 0 Å². The number of aromatic nitrogens is 2. The fourth-order valence-corrected chi connectivity index (χ4v) is 2.34. The number of hydrogen-bond acceptors (Lipinski definition) is 4. The van der Waals surface area contributed by atoms with Gasteiger partial charge in [-0.3, -0.25) is 9.89 Å². The number of carbonyl (C=O) groups excluding carboxylic acids is 1. The summed E-state index contributed by atoms with van der Waals surface area (Å²) in [6.45, 7) is 4.54. The lowest BCUT2D eigenvalue weighted by Crippen LogP contribution is -2.36. The highest BCUT2D eigenvalue weighted by molar-refractivity contribution is 6.03. The first-order chi connectivity index (χ1) is 10.6. The second-order valence-electron chi connectivity index (χ2n) is 5.15. The van der Waals surface area contributed by atoms with Gasteiger partial charge in [0.15, 0.2) is 5.69 Å². The number of nitrogens with one attached hydrogen (secondary N) is 2. The number of amides is 1. The SMILES string of the molecule is Cc1cc(C(=O)Nc2ccc(N3CCOCC3)cc2F)n[nH]1. The van der Waals surface area contributed by atoms with Gasteiger partial charge in [-0.15, -0.1) is 0 Å². The number of morpholine rings is 1. The van der Waals surface area contributed by atoms with E-state index in [1.165, 1.54) is 6.07 Å². The Balaban J connectivity index is 1.73. The molecule has 6 nitrogen and oxygen atoms in total. The molecule has 0 saturated carbocycles. The molecule has 0 atom stereocenters. The number of aryl methyl sites for hydroxylation is 1. The standard InChI is InChI=1S/C15H17FN4O2/c1-10-8-14(19-18-10)15(21)17-13-3-2-11(9-12(13)16)20-4-6-22-7-5-20/h2-3,8-9H,4-7H2,1H3,(H,17,21)(H,18,19). The molecule has 22 heavy (non-hydrogen) atoms. The Morgan fingerprint density at radius 1 is 1.36 bits per heavy atom. The minimum atomic E-state index is -0.468. The topological polar surface area (TPSA) is 70.2 Å². The van der Waals surface area contributed by atoms with E-state index in [1.54, 1.807) is 25.1 Å². The third-order valence-corrected chi connectivity index (χ3v) is 3.52. The number of halogens is 1. The fraction of sp³-hybridized carbons (Fsp3) is 0.333. The lowest BCUT2D eigenvalue weighted by Gasteiger charge is -2.29. The largest absolute Gasteiger partial charge is 0.378 e. The van der Waals surface area contributed by atoms with Crippen LogP contribution >= 0.6 is 0 Å². The summed E-state index contributed by atoms with van der Waals surface area (Å²) < 4.78 is 19.5. The molecule has 2 heterocycles. The molecule has 2 aromatic rings. The highest BCUT2D eigenvalue weighted by Crippen LogP contribution is 2.23. The monoisotopic (exact) mass is 304 g/mol. The van der Waals surface area contributed by atoms with Gasteiger partial charge in [0.2, 0.25) is 0 Å². The van der Waals surface area contributed by atoms with Crippen molar-refractivity contribution in [1.29, 1.82) is 0 Å². The number of hydrogen-bond donors (Lipinski definition) is 2. The first-order valence-corrected chi connectivity index (χ1v) is 7.09. The minimum absolute atomic E-state index is 0.141. The molecule has 1 aliphatic heterocycles. The van der Waals surface area contributed by atoms with Crippen LogP contribution in [0.5, 0.6) is 0 Å². The number of ether oxygens (including phenoxy) is 1. The van der Waals surface area contributed by atoms with Crippen LogP contribution in [0.3, 0.4) is 0 Å². The molecule has 7 heteroatoms. The predicted octanol–water partition coefficient (Wildman–Crippen LogP) is 1.95. The summed E-state index contributed by atoms with van der Waals surface area (Å²) in [4.78, 5) is 14.0. The van der Waals surface area contributed by atoms with Crippen LogP contribution in [-0.4, -0.2) is 42.4 Å². The van der Waals surface area contributed by atoms with Crippen molar-refractivity contribution in [1.82, 2.24) is 10.2 Å². The number of carbonyl (C=O) groups is 1. The molecule has 1 saturated heterocycles. The van der Waals surface area contributed by atoms with Crippen molar-refractivity contribution in [2.45, 2.75) is 6.92 Å². The molecule has 0 aliphatic carbocycles. The Hall–Kier alpha value is -2.41. The minimum Gasteiger partial charge on any atom is -0.378 e. The number of rotatable bonds is 3. The van der Waals surface area contributed by atoms with E-state index in [4.69, 9.17) is 4.74 Å². The molecule has 1 aliphatic rings. The third kappa shape index (κ3) is 3.09. The summed E-state index contributed by atoms with van der Waals surface area (Å²) in [5.74, 6) is -0.910. The van der Waals surface area contributed by atoms with Crippen LogP contribution in [0.2, 0.25) is 0 Å². The van der Waals surface area contributed by atoms with Crippen LogP contribution in [0.4, 0.5) is 15.8 Å². The van der Waals surface area contributed by atoms with Crippen molar-refractivity contribution in [2.24, 2.45) is 0 Å². The smallest absolute Gasteiger partial charge is 0.276 e. The highest BCUT2D eigenvalue weighted by atomic mass is 19.1. The molecule has 1 aromatic carbocycles. The van der Waals surface area contributed by atoms with Gasteiger partial charge in [0.25, 0.3) is 5.91 Å². The van der Waals surface area contributed by atoms with E-state index in [2.05, 4.69) is 20.4 Å². The summed E-state index contributed by atoms with van der Waals surface area (Å²) in [6.07, 6.45) is 0. The van der Waals surface area contributed by atoms with E-state index < -0.39 is 11.7 Å². The predicted molar refractivity (Wildman–Crippen MR) is 80.7 cm³/mol. The van der Waals surface area contributed by atoms with Crippen molar-refractivity contribution in [3.63, 3.8) is 0 Å². The summed E-state index contributed by atoms with van der Waals surface area (Å²) in [5.41, 5.74) is 1.93. The maximum absolute atomic E-state index is 14.2. The average Bonchev–Trinajstić information content (AvgIpc) is 2.97. The molecule has 0 radical (unpaired) electrons. The van der Waals surface area contributed by atoms with Gasteiger partial charge in [-0.2, -0.15) is 5.10 Å². The number of anilines is 2. The summed E-state index contributed by atoms with van der Waals surface area (Å²) >= 11 is 0. The number of benzene rings is 1. The number of H-pyrrole nitrogens is 1. The normalized spacial score (nSPS) is 14.9. The van der Waals surface area contributed by atoms with E-state index in [-0.39, 0.29) is 11.4 Å². The van der Waals surface area contributed by atoms with E-state index in [0.29, 0.717) is 13.2 Å². The molecule has 1 amide bonds. The molecule has 3 rings (SSSR count). The van der Waals surface area contributed by atoms with Gasteiger partial charge in [-0.1, -0.05) is 0 Å². The zero-order valence-corrected chi connectivity index (χ0v) is 12.2. The molecule has 2 N–H and O–H groups in total. The van der Waals surface area contributed by atoms with Gasteiger partial charge in [0, 0.05) is 24.5 Å². The summed E-state index contributed by atoms with van der Waals surface area (Å²) in [7, 11) is 0. The van der Waals surface area contributed by atoms with Crippen molar-refractivity contribution in [2.75, 3.05) is 36.5 Å². The lowest BCUT2D eigenvalue weighted by atomic mass is 10.2. The summed E-state index contributed by atoms with van der Waals surface area (Å²) in [5, 5.41) is 9.06. The first-order valence-electron chi connectivity index (χ1n) is 7.09. The zero-order chi connectivity index (χ0) is 15.5. The maximum atomic E-state index is 14.2. The summed E-state index contributed by atoms with van der Waals surface area (Å²) in [6, 6.07) is 6.39. The van der Waals surface area contributed by atoms with Crippen LogP contribution in [-0.2, 0) is 4.74 Å². The van der Waals surface area contributed by atoms with Crippen molar-refractivity contribution in [3.05, 3.63) is 41.5 Å². The van der Waals surface area contributed by atoms with E-state index >= 15 is 0 Å². The molecule has 1 fully saturated rings. The lowest BCUT2D eigenvalue weighted by molar-refractivity contribution is 0.102. The van der Waals surface area contributed by atoms with Crippen LogP contribution in [0.25, 0.3) is 0 Å². The second-order valence-corrected chi connectivity index (χ2v) is 5.15. The molecular weight excluding hydrogens is 287 g/mol. The van der Waals surface area contributed by atoms with Crippen molar-refractivity contribution in [3.8, 4) is 0 Å². The zero-order valence-electron chi connectivity index (χ0n) is 12.2. The number of aromatic amines is 1. The Morgan fingerprint density at radius 3 is 2.77 bits per heavy atom. The molecule has 116 valence electrons. The maximum Gasteiger partial charge on any atom is 0.276 e. The third-order valence-electron chi connectivity index (χ3n) is 3.52. The van der Waals surface area contributed by atoms with Crippen molar-refractivity contribution < 1.29 is 13.9 Å². The molecule has 0 bridgehead atoms. The van der Waals surface area contributed by atoms with Gasteiger partial charge in [0.05, 0.1) is 18.9 Å². The molecule has 1 aromatic heterocycles. The molecular formula is C15H17FN4O2. The van der Waals surface area contributed by atoms with E-state index in [0.717, 1.165) is 24.5 Å². The fourth-order valence-electron chi connectivity index (χ4n) is 2.34. The van der Waals surface area contributed by atoms with Crippen molar-refractivity contribution >= 4 is 17.3 Å². The molecule has 0 unspecified atom stereocenters. The molecule has 0 spiro atoms. The van der Waals surface area contributed by atoms with E-state index in [9.17, 15) is 9.18 Å². The average molecular weight is 304 g/mol. The van der Waals surface area contributed by atoms with Gasteiger partial charge in [0.1, 0.15) is 5.82 Å². The van der Waals surface area contributed by atoms with Crippen LogP contribution in [0.1, 0.15) is 16.2 Å². The van der Waals surface area contributed by atoms with Crippen LogP contribution < -0.4 is 10.2 Å². The van der Waals surface area contributed by atoms with Gasteiger partial charge < -0.3 is 15.0 Å². The first kappa shape index (κ1) is 14.5. The second kappa shape index (κ2) is 6.15. The quantitative estimate of drug-likeness (QED) is 0.909. The Bertz CT molecular complexity index is 680. The Labute approximate surface area is 127 Å². The Morgan fingerprint density at radius 2 is 2.14 bits per heavy atom. The Kier molecular flexibility index (Phi) is 4.06. The van der Waals surface area contributed by atoms with Crippen LogP contribution in [0, 0.1) is 12.7 Å². The van der Waals surface area contributed by atoms with Gasteiger partial charge >= 0.3 is 0 Å². The number of nitrogens with zero attached hydrogens (tertiary/aromatic N) is 2. The highest BCUT2D eigenvalue weighted by Gasteiger charge is 2.15. The van der Waals surface area contributed by atoms with Gasteiger partial charge in [-0.05, 0) is 31.2 Å². The van der Waals surface area contributed by atoms with Gasteiger partial charge in [-0.25, -0.2) is 4.39 Å². The van der Waals surface area contributed by atoms with Crippen LogP contribution in [0.15, 0.2) is 24.3 Å².